The van der Waals surface area contributed by atoms with Crippen LogP contribution in [0.4, 0.5) is 0 Å². The largest absolute Gasteiger partial charge is 0.135 e. The fourth-order valence-corrected chi connectivity index (χ4v) is 12.5. The quantitative estimate of drug-likeness (QED) is 0.156. The number of hydrogen-bond donors (Lipinski definition) is 0. The second-order valence-electron chi connectivity index (χ2n) is 15.9. The molecule has 0 saturated heterocycles. The molecule has 0 radical (unpaired) electrons. The lowest BCUT2D eigenvalue weighted by Gasteiger charge is -2.19. The van der Waals surface area contributed by atoms with E-state index in [0.717, 1.165) is 0 Å². The molecule has 0 unspecified atom stereocenters. The molecule has 0 aliphatic rings. The molecule has 0 bridgehead atoms. The highest BCUT2D eigenvalue weighted by Gasteiger charge is 2.22. The van der Waals surface area contributed by atoms with Crippen LogP contribution in [0.25, 0.3) is 128 Å². The first kappa shape index (κ1) is 33.8. The molecule has 2 heteroatoms. The molecule has 0 atom stereocenters. The van der Waals surface area contributed by atoms with Gasteiger partial charge in [0.2, 0.25) is 0 Å². The second-order valence-corrected chi connectivity index (χ2v) is 18.0. The predicted octanol–water partition coefficient (Wildman–Crippen LogP) is 17.7. The fourth-order valence-electron chi connectivity index (χ4n) is 9.95. The lowest BCUT2D eigenvalue weighted by Crippen LogP contribution is -1.92. The maximum Gasteiger partial charge on any atom is 0.0440 e. The van der Waals surface area contributed by atoms with Gasteiger partial charge in [0.25, 0.3) is 0 Å². The zero-order chi connectivity index (χ0) is 39.3. The summed E-state index contributed by atoms with van der Waals surface area (Å²) in [6.07, 6.45) is 0. The van der Waals surface area contributed by atoms with Gasteiger partial charge in [-0.2, -0.15) is 0 Å². The molecular formula is C58H34S2. The minimum atomic E-state index is 1.22. The summed E-state index contributed by atoms with van der Waals surface area (Å²) in [5.41, 5.74) is 10.1. The van der Waals surface area contributed by atoms with Crippen molar-refractivity contribution in [2.24, 2.45) is 0 Å². The molecular weight excluding hydrogens is 761 g/mol. The highest BCUT2D eigenvalue weighted by atomic mass is 32.1. The van der Waals surface area contributed by atoms with Gasteiger partial charge in [-0.15, -0.1) is 22.7 Å². The van der Waals surface area contributed by atoms with Crippen molar-refractivity contribution in [1.29, 1.82) is 0 Å². The summed E-state index contributed by atoms with van der Waals surface area (Å²) in [5.74, 6) is 0. The molecule has 13 aromatic rings. The molecule has 0 aliphatic carbocycles. The van der Waals surface area contributed by atoms with Gasteiger partial charge in [-0.3, -0.25) is 0 Å². The number of thiophene rings is 2. The number of benzene rings is 11. The summed E-state index contributed by atoms with van der Waals surface area (Å²) in [6, 6.07) is 77.0. The Morgan fingerprint density at radius 1 is 0.233 bits per heavy atom. The van der Waals surface area contributed by atoms with Gasteiger partial charge in [0, 0.05) is 51.5 Å². The normalized spacial score (nSPS) is 12.0. The monoisotopic (exact) mass is 794 g/mol. The first-order valence-electron chi connectivity index (χ1n) is 20.6. The molecule has 60 heavy (non-hydrogen) atoms. The van der Waals surface area contributed by atoms with Gasteiger partial charge >= 0.3 is 0 Å². The van der Waals surface area contributed by atoms with Crippen molar-refractivity contribution in [2.45, 2.75) is 0 Å². The number of hydrogen-bond acceptors (Lipinski definition) is 2. The highest BCUT2D eigenvalue weighted by Crippen LogP contribution is 2.51. The molecule has 278 valence electrons. The van der Waals surface area contributed by atoms with E-state index in [0.29, 0.717) is 0 Å². The van der Waals surface area contributed by atoms with Crippen molar-refractivity contribution >= 4 is 106 Å². The zero-order valence-electron chi connectivity index (χ0n) is 32.4. The summed E-state index contributed by atoms with van der Waals surface area (Å²) in [7, 11) is 0. The van der Waals surface area contributed by atoms with Gasteiger partial charge in [-0.1, -0.05) is 176 Å². The lowest BCUT2D eigenvalue weighted by atomic mass is 9.84. The highest BCUT2D eigenvalue weighted by molar-refractivity contribution is 7.27. The van der Waals surface area contributed by atoms with Crippen molar-refractivity contribution < 1.29 is 0 Å². The van der Waals surface area contributed by atoms with E-state index in [1.54, 1.807) is 0 Å². The van der Waals surface area contributed by atoms with Crippen molar-refractivity contribution in [3.63, 3.8) is 0 Å². The van der Waals surface area contributed by atoms with Crippen LogP contribution in [0.5, 0.6) is 0 Å². The van der Waals surface area contributed by atoms with Crippen LogP contribution in [0.1, 0.15) is 0 Å². The summed E-state index contributed by atoms with van der Waals surface area (Å²) < 4.78 is 5.32. The van der Waals surface area contributed by atoms with Crippen LogP contribution in [-0.4, -0.2) is 0 Å². The molecule has 2 aromatic heterocycles. The molecule has 2 heterocycles. The molecule has 0 amide bonds. The molecule has 0 nitrogen and oxygen atoms in total. The lowest BCUT2D eigenvalue weighted by molar-refractivity contribution is 1.61. The Balaban J connectivity index is 1.19. The molecule has 11 aromatic carbocycles. The molecule has 0 N–H and O–H groups in total. The predicted molar refractivity (Wildman–Crippen MR) is 264 cm³/mol. The first-order valence-corrected chi connectivity index (χ1v) is 22.2. The van der Waals surface area contributed by atoms with Gasteiger partial charge < -0.3 is 0 Å². The molecule has 0 aliphatic heterocycles. The molecule has 0 fully saturated rings. The average Bonchev–Trinajstić information content (AvgIpc) is 3.87. The summed E-state index contributed by atoms with van der Waals surface area (Å²) in [6.45, 7) is 0. The summed E-state index contributed by atoms with van der Waals surface area (Å²) in [5, 5.41) is 15.4. The Labute approximate surface area is 354 Å². The van der Waals surface area contributed by atoms with E-state index < -0.39 is 0 Å². The third-order valence-corrected chi connectivity index (χ3v) is 15.0. The SMILES string of the molecule is c1ccc(-c2ccc(-c3c4cccc(-c5c6ccccc6cc6c5sc5ccccc56)c4cc4c(-c5c6ccccc6cc6c5sc5ccccc56)cccc34)cc2)cc1. The Morgan fingerprint density at radius 2 is 0.650 bits per heavy atom. The van der Waals surface area contributed by atoms with Crippen LogP contribution in [0.2, 0.25) is 0 Å². The number of rotatable bonds is 4. The topological polar surface area (TPSA) is 0 Å². The van der Waals surface area contributed by atoms with Crippen LogP contribution >= 0.6 is 22.7 Å². The van der Waals surface area contributed by atoms with Crippen molar-refractivity contribution in [3.8, 4) is 44.5 Å². The second kappa shape index (κ2) is 13.2. The first-order chi connectivity index (χ1) is 29.8. The third kappa shape index (κ3) is 5.02. The van der Waals surface area contributed by atoms with E-state index in [1.165, 1.54) is 128 Å². The van der Waals surface area contributed by atoms with E-state index in [2.05, 4.69) is 206 Å². The Morgan fingerprint density at radius 3 is 1.18 bits per heavy atom. The Kier molecular flexibility index (Phi) is 7.45. The van der Waals surface area contributed by atoms with Gasteiger partial charge in [0.1, 0.15) is 0 Å². The van der Waals surface area contributed by atoms with E-state index in [-0.39, 0.29) is 0 Å². The zero-order valence-corrected chi connectivity index (χ0v) is 34.1. The van der Waals surface area contributed by atoms with Gasteiger partial charge in [0.05, 0.1) is 0 Å². The average molecular weight is 795 g/mol. The van der Waals surface area contributed by atoms with E-state index in [4.69, 9.17) is 0 Å². The van der Waals surface area contributed by atoms with E-state index in [1.807, 2.05) is 22.7 Å². The smallest absolute Gasteiger partial charge is 0.0440 e. The Bertz CT molecular complexity index is 3650. The van der Waals surface area contributed by atoms with Crippen LogP contribution in [0.3, 0.4) is 0 Å². The summed E-state index contributed by atoms with van der Waals surface area (Å²) >= 11 is 3.83. The van der Waals surface area contributed by atoms with E-state index in [9.17, 15) is 0 Å². The maximum atomic E-state index is 2.53. The standard InChI is InChI=1S/C58H34S2/c1-2-14-35(15-3-1)36-28-30-37(31-29-36)54-44-22-12-24-46(55-40-18-6-4-16-38(40)32-50-42-20-8-10-26-52(42)59-57(50)55)48(44)34-49-45(54)23-13-25-47(49)56-41-19-7-5-17-39(41)33-51-43-21-9-11-27-53(43)60-58(51)56/h1-34H. The van der Waals surface area contributed by atoms with Crippen LogP contribution in [0.15, 0.2) is 206 Å². The van der Waals surface area contributed by atoms with Gasteiger partial charge in [-0.25, -0.2) is 0 Å². The van der Waals surface area contributed by atoms with Crippen LogP contribution in [-0.2, 0) is 0 Å². The fraction of sp³-hybridized carbons (Fsp3) is 0. The molecule has 13 rings (SSSR count). The summed E-state index contributed by atoms with van der Waals surface area (Å²) in [4.78, 5) is 0. The minimum Gasteiger partial charge on any atom is -0.135 e. The van der Waals surface area contributed by atoms with Crippen molar-refractivity contribution in [2.75, 3.05) is 0 Å². The van der Waals surface area contributed by atoms with Gasteiger partial charge in [-0.05, 0) is 107 Å². The van der Waals surface area contributed by atoms with Crippen molar-refractivity contribution in [3.05, 3.63) is 206 Å². The maximum absolute atomic E-state index is 2.53. The molecule has 0 spiro atoms. The molecule has 0 saturated carbocycles. The minimum absolute atomic E-state index is 1.22. The van der Waals surface area contributed by atoms with Gasteiger partial charge in [0.15, 0.2) is 0 Å². The van der Waals surface area contributed by atoms with E-state index >= 15 is 0 Å². The Hall–Kier alpha value is -7.10. The van der Waals surface area contributed by atoms with Crippen molar-refractivity contribution in [1.82, 2.24) is 0 Å². The van der Waals surface area contributed by atoms with Crippen LogP contribution in [0, 0.1) is 0 Å². The van der Waals surface area contributed by atoms with Crippen LogP contribution < -0.4 is 0 Å². The third-order valence-electron chi connectivity index (χ3n) is 12.6. The number of fused-ring (bicyclic) bond motifs is 10.